The van der Waals surface area contributed by atoms with Crippen molar-refractivity contribution in [1.82, 2.24) is 5.32 Å². The second-order valence-electron chi connectivity index (χ2n) is 2.79. The van der Waals surface area contributed by atoms with Crippen LogP contribution in [0.2, 0.25) is 0 Å². The molecule has 1 aromatic rings. The van der Waals surface area contributed by atoms with Gasteiger partial charge < -0.3 is 21.5 Å². The van der Waals surface area contributed by atoms with Crippen LogP contribution in [-0.4, -0.2) is 23.7 Å². The number of hydrogen-bond acceptors (Lipinski definition) is 3. The summed E-state index contributed by atoms with van der Waals surface area (Å²) < 4.78 is 0. The van der Waals surface area contributed by atoms with E-state index in [1.165, 1.54) is 0 Å². The van der Waals surface area contributed by atoms with Crippen molar-refractivity contribution in [3.8, 4) is 0 Å². The van der Waals surface area contributed by atoms with Crippen molar-refractivity contribution < 1.29 is 14.7 Å². The van der Waals surface area contributed by atoms with Gasteiger partial charge in [0.05, 0.1) is 11.4 Å². The van der Waals surface area contributed by atoms with E-state index >= 15 is 0 Å². The largest absolute Gasteiger partial charge is 0.465 e. The third-order valence-electron chi connectivity index (χ3n) is 1.64. The molecule has 0 atom stereocenters. The molecule has 0 aliphatic heterocycles. The van der Waals surface area contributed by atoms with E-state index in [2.05, 4.69) is 5.32 Å². The average molecular weight is 209 g/mol. The Balaban J connectivity index is 2.52. The smallest absolute Gasteiger partial charge is 0.405 e. The second-order valence-corrected chi connectivity index (χ2v) is 2.79. The molecule has 0 radical (unpaired) electrons. The topological polar surface area (TPSA) is 104 Å². The van der Waals surface area contributed by atoms with Gasteiger partial charge in [-0.25, -0.2) is 4.79 Å². The number of carboxylic acid groups (broad SMARTS) is 1. The first-order chi connectivity index (χ1) is 7.09. The summed E-state index contributed by atoms with van der Waals surface area (Å²) >= 11 is 0. The average Bonchev–Trinajstić information content (AvgIpc) is 2.18. The number of amides is 2. The van der Waals surface area contributed by atoms with E-state index in [1.807, 2.05) is 5.32 Å². The molecule has 5 N–H and O–H groups in total. The number of hydrogen-bond donors (Lipinski definition) is 4. The molecule has 0 spiro atoms. The summed E-state index contributed by atoms with van der Waals surface area (Å²) in [6.45, 7) is -0.302. The normalized spacial score (nSPS) is 9.33. The first-order valence-electron chi connectivity index (χ1n) is 4.20. The minimum atomic E-state index is -1.24. The van der Waals surface area contributed by atoms with Gasteiger partial charge in [0.1, 0.15) is 6.54 Å². The highest BCUT2D eigenvalue weighted by molar-refractivity contribution is 5.96. The molecular weight excluding hydrogens is 198 g/mol. The van der Waals surface area contributed by atoms with Crippen LogP contribution in [0.4, 0.5) is 16.2 Å². The minimum Gasteiger partial charge on any atom is -0.465 e. The number of carbonyl (C=O) groups excluding carboxylic acids is 1. The Morgan fingerprint density at radius 2 is 2.00 bits per heavy atom. The van der Waals surface area contributed by atoms with E-state index in [-0.39, 0.29) is 6.54 Å². The maximum Gasteiger partial charge on any atom is 0.405 e. The van der Waals surface area contributed by atoms with Crippen molar-refractivity contribution in [2.24, 2.45) is 0 Å². The summed E-state index contributed by atoms with van der Waals surface area (Å²) in [6, 6.07) is 6.73. The van der Waals surface area contributed by atoms with Gasteiger partial charge in [-0.05, 0) is 12.1 Å². The van der Waals surface area contributed by atoms with Crippen LogP contribution in [0.1, 0.15) is 0 Å². The van der Waals surface area contributed by atoms with E-state index in [4.69, 9.17) is 10.8 Å². The predicted octanol–water partition coefficient (Wildman–Crippen LogP) is 0.475. The Morgan fingerprint density at radius 1 is 1.33 bits per heavy atom. The standard InChI is InChI=1S/C9H11N3O3/c10-6-3-1-2-4-7(6)12-8(13)5-11-9(14)15/h1-4,11H,5,10H2,(H,12,13)(H,14,15). The fourth-order valence-electron chi connectivity index (χ4n) is 0.961. The Kier molecular flexibility index (Phi) is 3.50. The zero-order chi connectivity index (χ0) is 11.3. The molecule has 0 fully saturated rings. The maximum absolute atomic E-state index is 11.2. The van der Waals surface area contributed by atoms with Crippen molar-refractivity contribution in [2.75, 3.05) is 17.6 Å². The van der Waals surface area contributed by atoms with Gasteiger partial charge >= 0.3 is 6.09 Å². The lowest BCUT2D eigenvalue weighted by Crippen LogP contribution is -2.31. The zero-order valence-corrected chi connectivity index (χ0v) is 7.86. The highest BCUT2D eigenvalue weighted by Gasteiger charge is 2.05. The maximum atomic E-state index is 11.2. The minimum absolute atomic E-state index is 0.302. The van der Waals surface area contributed by atoms with Crippen molar-refractivity contribution in [2.45, 2.75) is 0 Å². The predicted molar refractivity (Wildman–Crippen MR) is 55.5 cm³/mol. The van der Waals surface area contributed by atoms with Crippen LogP contribution in [0, 0.1) is 0 Å². The van der Waals surface area contributed by atoms with Crippen LogP contribution < -0.4 is 16.4 Å². The van der Waals surface area contributed by atoms with Crippen LogP contribution in [0.25, 0.3) is 0 Å². The number of benzene rings is 1. The van der Waals surface area contributed by atoms with Crippen molar-refractivity contribution in [3.05, 3.63) is 24.3 Å². The highest BCUT2D eigenvalue weighted by Crippen LogP contribution is 2.15. The molecule has 6 nitrogen and oxygen atoms in total. The molecule has 0 saturated carbocycles. The number of nitrogens with two attached hydrogens (primary N) is 1. The fourth-order valence-corrected chi connectivity index (χ4v) is 0.961. The van der Waals surface area contributed by atoms with Crippen molar-refractivity contribution in [1.29, 1.82) is 0 Å². The summed E-state index contributed by atoms with van der Waals surface area (Å²) in [7, 11) is 0. The first kappa shape index (κ1) is 10.8. The Bertz CT molecular complexity index is 379. The molecule has 15 heavy (non-hydrogen) atoms. The number of nitrogens with one attached hydrogen (secondary N) is 2. The molecule has 0 bridgehead atoms. The highest BCUT2D eigenvalue weighted by atomic mass is 16.4. The van der Waals surface area contributed by atoms with Gasteiger partial charge in [-0.15, -0.1) is 0 Å². The molecule has 0 aliphatic carbocycles. The number of carbonyl (C=O) groups is 2. The molecule has 0 unspecified atom stereocenters. The molecular formula is C9H11N3O3. The third-order valence-corrected chi connectivity index (χ3v) is 1.64. The summed E-state index contributed by atoms with van der Waals surface area (Å²) in [4.78, 5) is 21.3. The van der Waals surface area contributed by atoms with Crippen LogP contribution in [0.3, 0.4) is 0 Å². The summed E-state index contributed by atoms with van der Waals surface area (Å²) in [5.74, 6) is -0.463. The molecule has 1 rings (SSSR count). The van der Waals surface area contributed by atoms with Gasteiger partial charge in [0.2, 0.25) is 5.91 Å². The molecule has 1 aromatic carbocycles. The number of rotatable bonds is 3. The number of nitrogen functional groups attached to an aromatic ring is 1. The number of anilines is 2. The van der Waals surface area contributed by atoms with Gasteiger partial charge in [-0.2, -0.15) is 0 Å². The van der Waals surface area contributed by atoms with Crippen LogP contribution in [0.5, 0.6) is 0 Å². The SMILES string of the molecule is Nc1ccccc1NC(=O)CNC(=O)O. The first-order valence-corrected chi connectivity index (χ1v) is 4.20. The number of para-hydroxylation sites is 2. The molecule has 80 valence electrons. The molecule has 0 aliphatic rings. The summed E-state index contributed by atoms with van der Waals surface area (Å²) in [6.07, 6.45) is -1.24. The quantitative estimate of drug-likeness (QED) is 0.543. The second kappa shape index (κ2) is 4.85. The zero-order valence-electron chi connectivity index (χ0n) is 7.86. The monoisotopic (exact) mass is 209 g/mol. The van der Waals surface area contributed by atoms with Gasteiger partial charge in [-0.3, -0.25) is 4.79 Å². The fraction of sp³-hybridized carbons (Fsp3) is 0.111. The molecule has 6 heteroatoms. The third kappa shape index (κ3) is 3.55. The Hall–Kier alpha value is -2.24. The van der Waals surface area contributed by atoms with Gasteiger partial charge in [0.25, 0.3) is 0 Å². The van der Waals surface area contributed by atoms with Crippen molar-refractivity contribution >= 4 is 23.4 Å². The Labute approximate surface area is 86.1 Å². The van der Waals surface area contributed by atoms with E-state index in [1.54, 1.807) is 24.3 Å². The molecule has 0 saturated heterocycles. The van der Waals surface area contributed by atoms with E-state index in [0.29, 0.717) is 11.4 Å². The summed E-state index contributed by atoms with van der Waals surface area (Å²) in [5.41, 5.74) is 6.47. The lowest BCUT2D eigenvalue weighted by atomic mass is 10.2. The van der Waals surface area contributed by atoms with Crippen molar-refractivity contribution in [3.63, 3.8) is 0 Å². The van der Waals surface area contributed by atoms with Crippen LogP contribution in [0.15, 0.2) is 24.3 Å². The van der Waals surface area contributed by atoms with Crippen LogP contribution in [-0.2, 0) is 4.79 Å². The lowest BCUT2D eigenvalue weighted by molar-refractivity contribution is -0.115. The summed E-state index contributed by atoms with van der Waals surface area (Å²) in [5, 5.41) is 12.7. The van der Waals surface area contributed by atoms with E-state index in [9.17, 15) is 9.59 Å². The van der Waals surface area contributed by atoms with Crippen LogP contribution >= 0.6 is 0 Å². The molecule has 2 amide bonds. The van der Waals surface area contributed by atoms with Gasteiger partial charge in [0, 0.05) is 0 Å². The Morgan fingerprint density at radius 3 is 2.60 bits per heavy atom. The van der Waals surface area contributed by atoms with Gasteiger partial charge in [-0.1, -0.05) is 12.1 Å². The van der Waals surface area contributed by atoms with Gasteiger partial charge in [0.15, 0.2) is 0 Å². The molecule has 0 heterocycles. The molecule has 0 aromatic heterocycles. The lowest BCUT2D eigenvalue weighted by Gasteiger charge is -2.07. The van der Waals surface area contributed by atoms with E-state index in [0.717, 1.165) is 0 Å². The van der Waals surface area contributed by atoms with E-state index < -0.39 is 12.0 Å².